The van der Waals surface area contributed by atoms with Crippen LogP contribution in [0.3, 0.4) is 0 Å². The molecule has 6 nitrogen and oxygen atoms in total. The van der Waals surface area contributed by atoms with Gasteiger partial charge in [0, 0.05) is 44.6 Å². The first-order valence-corrected chi connectivity index (χ1v) is 9.13. The molecule has 4 rings (SSSR count). The van der Waals surface area contributed by atoms with Crippen molar-refractivity contribution in [3.8, 4) is 5.82 Å². The van der Waals surface area contributed by atoms with Crippen molar-refractivity contribution in [2.45, 2.75) is 6.92 Å². The number of anilines is 1. The van der Waals surface area contributed by atoms with Gasteiger partial charge in [-0.25, -0.2) is 9.97 Å². The number of carbonyl (C=O) groups excluding carboxylic acids is 1. The van der Waals surface area contributed by atoms with Crippen LogP contribution in [-0.2, 0) is 0 Å². The van der Waals surface area contributed by atoms with E-state index in [4.69, 9.17) is 0 Å². The van der Waals surface area contributed by atoms with Crippen LogP contribution in [0.25, 0.3) is 5.82 Å². The maximum absolute atomic E-state index is 12.6. The summed E-state index contributed by atoms with van der Waals surface area (Å²) in [5, 5.41) is 2.02. The van der Waals surface area contributed by atoms with Crippen molar-refractivity contribution in [1.29, 1.82) is 0 Å². The third-order valence-electron chi connectivity index (χ3n) is 4.34. The number of aromatic nitrogens is 3. The van der Waals surface area contributed by atoms with Gasteiger partial charge in [0.25, 0.3) is 5.91 Å². The van der Waals surface area contributed by atoms with Crippen LogP contribution in [0.4, 0.5) is 5.82 Å². The molecule has 0 aliphatic carbocycles. The van der Waals surface area contributed by atoms with Crippen molar-refractivity contribution in [3.63, 3.8) is 0 Å². The summed E-state index contributed by atoms with van der Waals surface area (Å²) >= 11 is 1.52. The first kappa shape index (κ1) is 15.8. The molecule has 4 heterocycles. The first-order valence-electron chi connectivity index (χ1n) is 8.25. The van der Waals surface area contributed by atoms with Crippen LogP contribution in [0.5, 0.6) is 0 Å². The number of nitrogens with zero attached hydrogens (tertiary/aromatic N) is 5. The number of amides is 1. The number of hydrogen-bond acceptors (Lipinski definition) is 5. The largest absolute Gasteiger partial charge is 0.353 e. The van der Waals surface area contributed by atoms with Crippen LogP contribution in [0.15, 0.2) is 48.4 Å². The SMILES string of the molecule is Cc1csc(C(=O)N2CCN(c3cc(-n4cccc4)ncn3)CC2)c1. The summed E-state index contributed by atoms with van der Waals surface area (Å²) in [6, 6.07) is 7.89. The molecule has 0 unspecified atom stereocenters. The van der Waals surface area contributed by atoms with Gasteiger partial charge in [0.05, 0.1) is 4.88 Å². The molecule has 0 radical (unpaired) electrons. The maximum atomic E-state index is 12.6. The third-order valence-corrected chi connectivity index (χ3v) is 5.38. The molecule has 0 saturated carbocycles. The highest BCUT2D eigenvalue weighted by Gasteiger charge is 2.23. The molecule has 0 spiro atoms. The van der Waals surface area contributed by atoms with E-state index in [1.807, 2.05) is 58.4 Å². The number of carbonyl (C=O) groups is 1. The molecule has 3 aromatic rings. The Hall–Kier alpha value is -2.67. The van der Waals surface area contributed by atoms with E-state index in [0.717, 1.165) is 35.2 Å². The van der Waals surface area contributed by atoms with Gasteiger partial charge in [-0.1, -0.05) is 0 Å². The number of piperazine rings is 1. The van der Waals surface area contributed by atoms with Crippen molar-refractivity contribution in [2.24, 2.45) is 0 Å². The molecule has 1 aliphatic heterocycles. The second-order valence-corrected chi connectivity index (χ2v) is 7.00. The van der Waals surface area contributed by atoms with E-state index >= 15 is 0 Å². The van der Waals surface area contributed by atoms with Crippen molar-refractivity contribution in [2.75, 3.05) is 31.1 Å². The molecule has 0 aromatic carbocycles. The van der Waals surface area contributed by atoms with Crippen LogP contribution >= 0.6 is 11.3 Å². The molecular weight excluding hydrogens is 334 g/mol. The van der Waals surface area contributed by atoms with E-state index in [-0.39, 0.29) is 5.91 Å². The summed E-state index contributed by atoms with van der Waals surface area (Å²) in [6.07, 6.45) is 5.52. The number of rotatable bonds is 3. The highest BCUT2D eigenvalue weighted by Crippen LogP contribution is 2.20. The Labute approximate surface area is 150 Å². The molecule has 7 heteroatoms. The molecular formula is C18H19N5OS. The molecule has 0 bridgehead atoms. The topological polar surface area (TPSA) is 54.3 Å². The first-order chi connectivity index (χ1) is 12.2. The molecule has 1 aliphatic rings. The zero-order valence-electron chi connectivity index (χ0n) is 14.0. The van der Waals surface area contributed by atoms with Crippen LogP contribution in [0.2, 0.25) is 0 Å². The van der Waals surface area contributed by atoms with Gasteiger partial charge < -0.3 is 14.4 Å². The fraction of sp³-hybridized carbons (Fsp3) is 0.278. The Morgan fingerprint density at radius 1 is 1.04 bits per heavy atom. The predicted molar refractivity (Wildman–Crippen MR) is 98.5 cm³/mol. The van der Waals surface area contributed by atoms with Gasteiger partial charge in [-0.05, 0) is 36.1 Å². The number of thiophene rings is 1. The zero-order valence-corrected chi connectivity index (χ0v) is 14.8. The molecule has 25 heavy (non-hydrogen) atoms. The molecule has 1 saturated heterocycles. The van der Waals surface area contributed by atoms with Gasteiger partial charge in [0.15, 0.2) is 0 Å². The van der Waals surface area contributed by atoms with Gasteiger partial charge in [-0.15, -0.1) is 11.3 Å². The van der Waals surface area contributed by atoms with Crippen LogP contribution in [0.1, 0.15) is 15.2 Å². The monoisotopic (exact) mass is 353 g/mol. The Morgan fingerprint density at radius 2 is 1.76 bits per heavy atom. The quantitative estimate of drug-likeness (QED) is 0.726. The van der Waals surface area contributed by atoms with Gasteiger partial charge >= 0.3 is 0 Å². The molecule has 1 amide bonds. The van der Waals surface area contributed by atoms with E-state index in [2.05, 4.69) is 14.9 Å². The minimum atomic E-state index is 0.133. The van der Waals surface area contributed by atoms with E-state index < -0.39 is 0 Å². The minimum absolute atomic E-state index is 0.133. The lowest BCUT2D eigenvalue weighted by Crippen LogP contribution is -2.48. The standard InChI is InChI=1S/C18H19N5OS/c1-14-10-15(25-12-14)18(24)23-8-6-22(7-9-23)17-11-16(19-13-20-17)21-4-2-3-5-21/h2-5,10-13H,6-9H2,1H3. The van der Waals surface area contributed by atoms with Crippen LogP contribution in [0, 0.1) is 6.92 Å². The van der Waals surface area contributed by atoms with Gasteiger partial charge in [-0.2, -0.15) is 0 Å². The van der Waals surface area contributed by atoms with E-state index in [9.17, 15) is 4.79 Å². The van der Waals surface area contributed by atoms with E-state index in [0.29, 0.717) is 13.1 Å². The van der Waals surface area contributed by atoms with Crippen molar-refractivity contribution < 1.29 is 4.79 Å². The minimum Gasteiger partial charge on any atom is -0.353 e. The van der Waals surface area contributed by atoms with Gasteiger partial charge in [0.2, 0.25) is 0 Å². The second-order valence-electron chi connectivity index (χ2n) is 6.09. The van der Waals surface area contributed by atoms with Crippen LogP contribution < -0.4 is 4.90 Å². The fourth-order valence-corrected chi connectivity index (χ4v) is 3.84. The highest BCUT2D eigenvalue weighted by molar-refractivity contribution is 7.12. The lowest BCUT2D eigenvalue weighted by molar-refractivity contribution is 0.0751. The molecule has 0 atom stereocenters. The summed E-state index contributed by atoms with van der Waals surface area (Å²) in [7, 11) is 0. The normalized spacial score (nSPS) is 14.8. The molecule has 1 fully saturated rings. The predicted octanol–water partition coefficient (Wildman–Crippen LogP) is 2.60. The summed E-state index contributed by atoms with van der Waals surface area (Å²) in [4.78, 5) is 26.2. The average Bonchev–Trinajstić information content (AvgIpc) is 3.33. The summed E-state index contributed by atoms with van der Waals surface area (Å²) in [5.74, 6) is 1.88. The molecule has 3 aromatic heterocycles. The Bertz CT molecular complexity index is 865. The Balaban J connectivity index is 1.44. The lowest BCUT2D eigenvalue weighted by atomic mass is 10.2. The summed E-state index contributed by atoms with van der Waals surface area (Å²) < 4.78 is 1.96. The van der Waals surface area contributed by atoms with Crippen molar-refractivity contribution in [1.82, 2.24) is 19.4 Å². The van der Waals surface area contributed by atoms with Gasteiger partial charge in [0.1, 0.15) is 18.0 Å². The van der Waals surface area contributed by atoms with Crippen molar-refractivity contribution >= 4 is 23.1 Å². The van der Waals surface area contributed by atoms with E-state index in [1.54, 1.807) is 6.33 Å². The summed E-state index contributed by atoms with van der Waals surface area (Å²) in [6.45, 7) is 4.98. The smallest absolute Gasteiger partial charge is 0.264 e. The number of hydrogen-bond donors (Lipinski definition) is 0. The zero-order chi connectivity index (χ0) is 17.2. The number of aryl methyl sites for hydroxylation is 1. The Morgan fingerprint density at radius 3 is 2.44 bits per heavy atom. The lowest BCUT2D eigenvalue weighted by Gasteiger charge is -2.35. The average molecular weight is 353 g/mol. The van der Waals surface area contributed by atoms with Crippen LogP contribution in [-0.4, -0.2) is 51.5 Å². The van der Waals surface area contributed by atoms with Crippen molar-refractivity contribution in [3.05, 3.63) is 58.8 Å². The van der Waals surface area contributed by atoms with Gasteiger partial charge in [-0.3, -0.25) is 4.79 Å². The molecule has 0 N–H and O–H groups in total. The third kappa shape index (κ3) is 3.28. The van der Waals surface area contributed by atoms with E-state index in [1.165, 1.54) is 11.3 Å². The maximum Gasteiger partial charge on any atom is 0.264 e. The highest BCUT2D eigenvalue weighted by atomic mass is 32.1. The molecule has 128 valence electrons. The second kappa shape index (κ2) is 6.68. The fourth-order valence-electron chi connectivity index (χ4n) is 2.98. The summed E-state index contributed by atoms with van der Waals surface area (Å²) in [5.41, 5.74) is 1.14. The Kier molecular flexibility index (Phi) is 4.23.